The molecule has 0 aliphatic heterocycles. The molecule has 2 aromatic carbocycles. The second-order valence-electron chi connectivity index (χ2n) is 6.22. The Morgan fingerprint density at radius 3 is 2.17 bits per heavy atom. The Morgan fingerprint density at radius 1 is 1.00 bits per heavy atom. The largest absolute Gasteiger partial charge is 0.443 e. The van der Waals surface area contributed by atoms with Crippen molar-refractivity contribution in [3.8, 4) is 0 Å². The van der Waals surface area contributed by atoms with E-state index in [4.69, 9.17) is 4.74 Å². The zero-order valence-electron chi connectivity index (χ0n) is 14.2. The predicted octanol–water partition coefficient (Wildman–Crippen LogP) is 4.63. The Labute approximate surface area is 142 Å². The van der Waals surface area contributed by atoms with Gasteiger partial charge in [0.05, 0.1) is 5.71 Å². The lowest BCUT2D eigenvalue weighted by atomic mass is 10.1. The van der Waals surface area contributed by atoms with Crippen LogP contribution < -0.4 is 5.43 Å². The molecule has 124 valence electrons. The first-order valence-electron chi connectivity index (χ1n) is 7.79. The summed E-state index contributed by atoms with van der Waals surface area (Å²) in [6.45, 7) is 5.43. The molecule has 4 heteroatoms. The molecular weight excluding hydrogens is 300 g/mol. The maximum absolute atomic E-state index is 11.8. The van der Waals surface area contributed by atoms with Crippen LogP contribution in [0.3, 0.4) is 0 Å². The fourth-order valence-electron chi connectivity index (χ4n) is 1.95. The highest BCUT2D eigenvalue weighted by Crippen LogP contribution is 2.08. The fourth-order valence-corrected chi connectivity index (χ4v) is 1.95. The molecule has 0 atom stereocenters. The normalized spacial score (nSPS) is 12.2. The second kappa shape index (κ2) is 8.11. The van der Waals surface area contributed by atoms with Crippen molar-refractivity contribution < 1.29 is 9.53 Å². The molecule has 0 aliphatic carbocycles. The molecule has 0 spiro atoms. The van der Waals surface area contributed by atoms with Gasteiger partial charge in [-0.15, -0.1) is 0 Å². The standard InChI is InChI=1S/C20H22N2O2/c1-20(2,3)24-19(23)22-21-18(17-12-8-5-9-13-17)15-14-16-10-6-4-7-11-16/h4-15H,1-3H3,(H,22,23)/b15-14+,21-18+. The van der Waals surface area contributed by atoms with E-state index in [1.54, 1.807) is 0 Å². The van der Waals surface area contributed by atoms with E-state index in [0.717, 1.165) is 11.1 Å². The molecule has 2 aromatic rings. The number of ether oxygens (including phenoxy) is 1. The lowest BCUT2D eigenvalue weighted by molar-refractivity contribution is 0.0529. The number of hydrazone groups is 1. The summed E-state index contributed by atoms with van der Waals surface area (Å²) in [6.07, 6.45) is 3.23. The first-order valence-corrected chi connectivity index (χ1v) is 7.79. The van der Waals surface area contributed by atoms with Crippen LogP contribution in [0.1, 0.15) is 31.9 Å². The molecule has 0 aliphatic rings. The lowest BCUT2D eigenvalue weighted by Gasteiger charge is -2.18. The predicted molar refractivity (Wildman–Crippen MR) is 97.8 cm³/mol. The molecule has 1 N–H and O–H groups in total. The maximum Gasteiger partial charge on any atom is 0.428 e. The van der Waals surface area contributed by atoms with Gasteiger partial charge in [-0.3, -0.25) is 0 Å². The van der Waals surface area contributed by atoms with Crippen molar-refractivity contribution in [1.82, 2.24) is 5.43 Å². The van der Waals surface area contributed by atoms with Crippen LogP contribution in [-0.4, -0.2) is 17.4 Å². The zero-order chi connectivity index (χ0) is 17.4. The topological polar surface area (TPSA) is 50.7 Å². The summed E-state index contributed by atoms with van der Waals surface area (Å²) < 4.78 is 5.21. The van der Waals surface area contributed by atoms with Crippen LogP contribution in [0.4, 0.5) is 4.79 Å². The van der Waals surface area contributed by atoms with Crippen molar-refractivity contribution in [1.29, 1.82) is 0 Å². The third-order valence-electron chi connectivity index (χ3n) is 2.97. The van der Waals surface area contributed by atoms with Crippen LogP contribution >= 0.6 is 0 Å². The number of carbonyl (C=O) groups excluding carboxylic acids is 1. The van der Waals surface area contributed by atoms with Crippen molar-refractivity contribution in [2.75, 3.05) is 0 Å². The van der Waals surface area contributed by atoms with Crippen molar-refractivity contribution >= 4 is 17.9 Å². The van der Waals surface area contributed by atoms with E-state index in [9.17, 15) is 4.79 Å². The first-order chi connectivity index (χ1) is 11.4. The van der Waals surface area contributed by atoms with Crippen molar-refractivity contribution in [3.05, 3.63) is 77.9 Å². The van der Waals surface area contributed by atoms with Gasteiger partial charge in [0.2, 0.25) is 0 Å². The number of rotatable bonds is 4. The van der Waals surface area contributed by atoms with Crippen molar-refractivity contribution in [2.24, 2.45) is 5.10 Å². The second-order valence-corrected chi connectivity index (χ2v) is 6.22. The third-order valence-corrected chi connectivity index (χ3v) is 2.97. The van der Waals surface area contributed by atoms with E-state index < -0.39 is 11.7 Å². The minimum absolute atomic E-state index is 0.563. The molecule has 0 radical (unpaired) electrons. The molecule has 24 heavy (non-hydrogen) atoms. The molecule has 0 saturated carbocycles. The summed E-state index contributed by atoms with van der Waals surface area (Å²) in [7, 11) is 0. The van der Waals surface area contributed by atoms with Gasteiger partial charge in [-0.1, -0.05) is 66.7 Å². The molecule has 0 unspecified atom stereocenters. The van der Waals surface area contributed by atoms with Gasteiger partial charge in [-0.05, 0) is 32.4 Å². The number of nitrogens with one attached hydrogen (secondary N) is 1. The Bertz CT molecular complexity index is 714. The minimum Gasteiger partial charge on any atom is -0.443 e. The summed E-state index contributed by atoms with van der Waals surface area (Å²) in [5, 5.41) is 4.20. The molecule has 0 aromatic heterocycles. The molecule has 0 bridgehead atoms. The summed E-state index contributed by atoms with van der Waals surface area (Å²) in [4.78, 5) is 11.8. The molecule has 0 heterocycles. The van der Waals surface area contributed by atoms with Gasteiger partial charge < -0.3 is 4.74 Å². The van der Waals surface area contributed by atoms with E-state index in [1.807, 2.05) is 93.6 Å². The van der Waals surface area contributed by atoms with Crippen LogP contribution in [0.15, 0.2) is 71.8 Å². The van der Waals surface area contributed by atoms with E-state index in [-0.39, 0.29) is 0 Å². The SMILES string of the molecule is CC(C)(C)OC(=O)N/N=C(\C=C\c1ccccc1)c1ccccc1. The first kappa shape index (κ1) is 17.5. The number of benzene rings is 2. The molecule has 2 rings (SSSR count). The Hall–Kier alpha value is -2.88. The highest BCUT2D eigenvalue weighted by molar-refractivity contribution is 6.10. The Kier molecular flexibility index (Phi) is 5.90. The van der Waals surface area contributed by atoms with Crippen LogP contribution in [0.25, 0.3) is 6.08 Å². The summed E-state index contributed by atoms with van der Waals surface area (Å²) in [6, 6.07) is 19.6. The van der Waals surface area contributed by atoms with Crippen molar-refractivity contribution in [2.45, 2.75) is 26.4 Å². The number of nitrogens with zero attached hydrogens (tertiary/aromatic N) is 1. The van der Waals surface area contributed by atoms with Gasteiger partial charge in [0, 0.05) is 5.56 Å². The van der Waals surface area contributed by atoms with E-state index in [1.165, 1.54) is 0 Å². The van der Waals surface area contributed by atoms with Gasteiger partial charge in [-0.25, -0.2) is 10.2 Å². The zero-order valence-corrected chi connectivity index (χ0v) is 14.2. The number of hydrogen-bond donors (Lipinski definition) is 1. The molecule has 4 nitrogen and oxygen atoms in total. The Balaban J connectivity index is 2.19. The summed E-state index contributed by atoms with van der Waals surface area (Å²) >= 11 is 0. The highest BCUT2D eigenvalue weighted by atomic mass is 16.6. The van der Waals surface area contributed by atoms with Crippen LogP contribution in [0, 0.1) is 0 Å². The molecular formula is C20H22N2O2. The number of hydrogen-bond acceptors (Lipinski definition) is 3. The number of carbonyl (C=O) groups is 1. The summed E-state index contributed by atoms with van der Waals surface area (Å²) in [5.74, 6) is 0. The lowest BCUT2D eigenvalue weighted by Crippen LogP contribution is -2.30. The van der Waals surface area contributed by atoms with Crippen LogP contribution in [0.5, 0.6) is 0 Å². The Morgan fingerprint density at radius 2 is 1.58 bits per heavy atom. The van der Waals surface area contributed by atoms with E-state index in [0.29, 0.717) is 5.71 Å². The van der Waals surface area contributed by atoms with Gasteiger partial charge in [0.25, 0.3) is 0 Å². The molecule has 0 fully saturated rings. The molecule has 0 saturated heterocycles. The number of allylic oxidation sites excluding steroid dienone is 1. The quantitative estimate of drug-likeness (QED) is 0.659. The van der Waals surface area contributed by atoms with E-state index >= 15 is 0 Å². The molecule has 1 amide bonds. The van der Waals surface area contributed by atoms with Crippen LogP contribution in [0.2, 0.25) is 0 Å². The van der Waals surface area contributed by atoms with Crippen LogP contribution in [-0.2, 0) is 4.74 Å². The van der Waals surface area contributed by atoms with Gasteiger partial charge in [0.15, 0.2) is 0 Å². The summed E-state index contributed by atoms with van der Waals surface area (Å²) in [5.41, 5.74) is 4.49. The van der Waals surface area contributed by atoms with Gasteiger partial charge in [-0.2, -0.15) is 5.10 Å². The minimum atomic E-state index is -0.580. The van der Waals surface area contributed by atoms with E-state index in [2.05, 4.69) is 10.5 Å². The van der Waals surface area contributed by atoms with Gasteiger partial charge >= 0.3 is 6.09 Å². The highest BCUT2D eigenvalue weighted by Gasteiger charge is 2.15. The third kappa shape index (κ3) is 6.08. The number of amides is 1. The monoisotopic (exact) mass is 322 g/mol. The van der Waals surface area contributed by atoms with Gasteiger partial charge in [0.1, 0.15) is 5.60 Å². The maximum atomic E-state index is 11.8. The fraction of sp³-hybridized carbons (Fsp3) is 0.200. The average Bonchev–Trinajstić information content (AvgIpc) is 2.55. The van der Waals surface area contributed by atoms with Crippen molar-refractivity contribution in [3.63, 3.8) is 0 Å². The smallest absolute Gasteiger partial charge is 0.428 e. The average molecular weight is 322 g/mol.